The number of hydrogen-bond acceptors (Lipinski definition) is 6. The zero-order chi connectivity index (χ0) is 30.1. The third-order valence-electron chi connectivity index (χ3n) is 5.72. The second-order valence-corrected chi connectivity index (χ2v) is 10.8. The average Bonchev–Trinajstić information content (AvgIpc) is 2.80. The van der Waals surface area contributed by atoms with E-state index in [0.29, 0.717) is 24.3 Å². The van der Waals surface area contributed by atoms with E-state index < -0.39 is 92.9 Å². The van der Waals surface area contributed by atoms with Gasteiger partial charge in [-0.05, 0) is 35.4 Å². The van der Waals surface area contributed by atoms with Gasteiger partial charge < -0.3 is 15.4 Å². The number of nitrogens with zero attached hydrogens (tertiary/aromatic N) is 1. The van der Waals surface area contributed by atoms with Crippen LogP contribution in [0.2, 0.25) is 0 Å². The van der Waals surface area contributed by atoms with E-state index in [-0.39, 0.29) is 5.69 Å². The minimum atomic E-state index is -5.28. The summed E-state index contributed by atoms with van der Waals surface area (Å²) in [7, 11) is -3.80. The van der Waals surface area contributed by atoms with Gasteiger partial charge >= 0.3 is 19.0 Å². The molecule has 2 amide bonds. The quantitative estimate of drug-likeness (QED) is 0.448. The molecular weight excluding hydrogens is 582 g/mol. The molecule has 8 nitrogen and oxygen atoms in total. The van der Waals surface area contributed by atoms with E-state index in [0.717, 1.165) is 24.6 Å². The molecule has 1 atom stereocenters. The van der Waals surface area contributed by atoms with E-state index in [1.807, 2.05) is 0 Å². The highest BCUT2D eigenvalue weighted by atomic mass is 32.2. The van der Waals surface area contributed by atoms with Gasteiger partial charge in [0.05, 0.1) is 17.5 Å². The number of halogens is 8. The number of ether oxygens (including phenoxy) is 1. The first kappa shape index (κ1) is 30.8. The second kappa shape index (κ2) is 11.0. The maximum atomic E-state index is 14.6. The van der Waals surface area contributed by atoms with Crippen LogP contribution in [0, 0.1) is 0 Å². The fourth-order valence-corrected chi connectivity index (χ4v) is 4.49. The average molecular weight is 601 g/mol. The lowest BCUT2D eigenvalue weighted by Crippen LogP contribution is -2.59. The van der Waals surface area contributed by atoms with E-state index in [9.17, 15) is 53.1 Å². The Balaban J connectivity index is 2.13. The molecule has 0 bridgehead atoms. The Labute approximate surface area is 221 Å². The summed E-state index contributed by atoms with van der Waals surface area (Å²) in [5.74, 6) is -3.93. The van der Waals surface area contributed by atoms with Gasteiger partial charge in [-0.25, -0.2) is 8.42 Å². The number of aromatic nitrogens is 1. The molecule has 3 rings (SSSR count). The molecule has 0 unspecified atom stereocenters. The summed E-state index contributed by atoms with van der Waals surface area (Å²) in [5.41, 5.74) is -6.50. The van der Waals surface area contributed by atoms with Crippen molar-refractivity contribution in [3.8, 4) is 5.75 Å². The van der Waals surface area contributed by atoms with Crippen molar-refractivity contribution in [2.75, 3.05) is 18.6 Å². The van der Waals surface area contributed by atoms with Crippen LogP contribution in [0.15, 0.2) is 48.2 Å². The Hall–Kier alpha value is -3.76. The number of benzene rings is 1. The molecule has 0 fully saturated rings. The first-order valence-electron chi connectivity index (χ1n) is 11.0. The lowest BCUT2D eigenvalue weighted by molar-refractivity contribution is -0.201. The van der Waals surface area contributed by atoms with Crippen LogP contribution in [0.1, 0.15) is 23.2 Å². The Morgan fingerprint density at radius 1 is 1.10 bits per heavy atom. The van der Waals surface area contributed by atoms with Gasteiger partial charge in [0.25, 0.3) is 0 Å². The zero-order valence-electron chi connectivity index (χ0n) is 20.2. The number of hydrogen-bond donors (Lipinski definition) is 2. The summed E-state index contributed by atoms with van der Waals surface area (Å²) < 4.78 is 135. The van der Waals surface area contributed by atoms with Gasteiger partial charge in [0, 0.05) is 24.8 Å². The monoisotopic (exact) mass is 601 g/mol. The highest BCUT2D eigenvalue weighted by Gasteiger charge is 2.59. The number of rotatable bonds is 8. The normalized spacial score (nSPS) is 18.5. The molecule has 1 aliphatic rings. The van der Waals surface area contributed by atoms with E-state index in [4.69, 9.17) is 0 Å². The number of amides is 2. The third kappa shape index (κ3) is 7.05. The van der Waals surface area contributed by atoms with Crippen LogP contribution in [0.3, 0.4) is 0 Å². The van der Waals surface area contributed by atoms with Gasteiger partial charge in [-0.3, -0.25) is 14.6 Å². The molecule has 1 aliphatic heterocycles. The first-order chi connectivity index (χ1) is 18.3. The predicted octanol–water partition coefficient (Wildman–Crippen LogP) is 3.59. The van der Waals surface area contributed by atoms with Crippen LogP contribution in [0.4, 0.5) is 35.1 Å². The number of sulfone groups is 1. The largest absolute Gasteiger partial charge is 0.433 e. The van der Waals surface area contributed by atoms with Crippen molar-refractivity contribution in [1.82, 2.24) is 15.6 Å². The fourth-order valence-electron chi connectivity index (χ4n) is 3.91. The standard InChI is InChI=1S/C23H19F8N3O5S/c1-40(37,38)11-18(35)33-10-16-15(17-7-6-14(9-32-17)39-20(24)25)8-21(23(29,30)31,34-19(16)36)12-2-4-13(5-3-12)22(26,27)28/h2-7,9,20H,8,10-11H2,1H3,(H,33,35)(H,34,36)/t21-/m1/s1. The summed E-state index contributed by atoms with van der Waals surface area (Å²) in [6, 6.07) is 3.83. The van der Waals surface area contributed by atoms with Crippen molar-refractivity contribution in [2.24, 2.45) is 0 Å². The molecule has 2 heterocycles. The molecule has 17 heteroatoms. The summed E-state index contributed by atoms with van der Waals surface area (Å²) in [5, 5.41) is 3.89. The molecule has 218 valence electrons. The molecular formula is C23H19F8N3O5S. The van der Waals surface area contributed by atoms with Gasteiger partial charge in [0.15, 0.2) is 15.4 Å². The zero-order valence-corrected chi connectivity index (χ0v) is 21.0. The van der Waals surface area contributed by atoms with E-state index >= 15 is 0 Å². The van der Waals surface area contributed by atoms with Crippen LogP contribution in [0.5, 0.6) is 5.75 Å². The molecule has 1 aromatic heterocycles. The van der Waals surface area contributed by atoms with Crippen LogP contribution >= 0.6 is 0 Å². The molecule has 40 heavy (non-hydrogen) atoms. The minimum Gasteiger partial charge on any atom is -0.433 e. The molecule has 1 aromatic carbocycles. The number of carbonyl (C=O) groups is 2. The van der Waals surface area contributed by atoms with Crippen molar-refractivity contribution < 1.29 is 57.9 Å². The third-order valence-corrected chi connectivity index (χ3v) is 6.51. The van der Waals surface area contributed by atoms with Crippen LogP contribution in [0.25, 0.3) is 5.57 Å². The predicted molar refractivity (Wildman–Crippen MR) is 122 cm³/mol. The maximum Gasteiger partial charge on any atom is 0.416 e. The summed E-state index contributed by atoms with van der Waals surface area (Å²) >= 11 is 0. The van der Waals surface area contributed by atoms with Gasteiger partial charge in [-0.2, -0.15) is 35.1 Å². The maximum absolute atomic E-state index is 14.6. The summed E-state index contributed by atoms with van der Waals surface area (Å²) in [6.07, 6.45) is -9.77. The smallest absolute Gasteiger partial charge is 0.416 e. The molecule has 0 saturated carbocycles. The second-order valence-electron chi connectivity index (χ2n) is 8.67. The van der Waals surface area contributed by atoms with E-state index in [2.05, 4.69) is 15.0 Å². The molecule has 0 aliphatic carbocycles. The van der Waals surface area contributed by atoms with Crippen molar-refractivity contribution in [1.29, 1.82) is 0 Å². The molecule has 2 aromatic rings. The summed E-state index contributed by atoms with van der Waals surface area (Å²) in [6.45, 7) is -4.00. The Bertz CT molecular complexity index is 1410. The first-order valence-corrected chi connectivity index (χ1v) is 13.0. The topological polar surface area (TPSA) is 114 Å². The SMILES string of the molecule is CS(=O)(=O)CC(=O)NCC1=C(c2ccc(OC(F)F)cn2)C[C@@](c2ccc(C(F)(F)F)cc2)(C(F)(F)F)NC1=O. The summed E-state index contributed by atoms with van der Waals surface area (Å²) in [4.78, 5) is 28.9. The van der Waals surface area contributed by atoms with E-state index in [1.165, 1.54) is 0 Å². The molecule has 2 N–H and O–H groups in total. The number of carbonyl (C=O) groups excluding carboxylic acids is 2. The Morgan fingerprint density at radius 2 is 1.73 bits per heavy atom. The van der Waals surface area contributed by atoms with Gasteiger partial charge in [-0.15, -0.1) is 0 Å². The van der Waals surface area contributed by atoms with Crippen molar-refractivity contribution in [2.45, 2.75) is 30.9 Å². The highest BCUT2D eigenvalue weighted by molar-refractivity contribution is 7.91. The van der Waals surface area contributed by atoms with Gasteiger partial charge in [0.2, 0.25) is 11.8 Å². The number of pyridine rings is 1. The van der Waals surface area contributed by atoms with Crippen molar-refractivity contribution >= 4 is 27.2 Å². The van der Waals surface area contributed by atoms with E-state index in [1.54, 1.807) is 5.32 Å². The van der Waals surface area contributed by atoms with Crippen LogP contribution in [-0.2, 0) is 31.1 Å². The molecule has 0 saturated heterocycles. The number of alkyl halides is 8. The van der Waals surface area contributed by atoms with Crippen molar-refractivity contribution in [3.05, 3.63) is 65.0 Å². The van der Waals surface area contributed by atoms with Gasteiger partial charge in [0.1, 0.15) is 11.5 Å². The van der Waals surface area contributed by atoms with Gasteiger partial charge in [-0.1, -0.05) is 12.1 Å². The van der Waals surface area contributed by atoms with Crippen LogP contribution in [-0.4, -0.2) is 56.6 Å². The van der Waals surface area contributed by atoms with Crippen molar-refractivity contribution in [3.63, 3.8) is 0 Å². The highest BCUT2D eigenvalue weighted by Crippen LogP contribution is 2.48. The lowest BCUT2D eigenvalue weighted by atomic mass is 9.77. The molecule has 0 spiro atoms. The fraction of sp³-hybridized carbons (Fsp3) is 0.348. The molecule has 0 radical (unpaired) electrons. The Morgan fingerprint density at radius 3 is 2.20 bits per heavy atom. The Kier molecular flexibility index (Phi) is 8.48. The minimum absolute atomic E-state index is 0.329. The van der Waals surface area contributed by atoms with Crippen LogP contribution < -0.4 is 15.4 Å². The lowest BCUT2D eigenvalue weighted by Gasteiger charge is -2.41. The number of nitrogens with one attached hydrogen (secondary N) is 2.